The topological polar surface area (TPSA) is 12.0 Å². The van der Waals surface area contributed by atoms with Gasteiger partial charge in [-0.3, -0.25) is 0 Å². The summed E-state index contributed by atoms with van der Waals surface area (Å²) in [6, 6.07) is 0. The van der Waals surface area contributed by atoms with Gasteiger partial charge in [0, 0.05) is 0 Å². The summed E-state index contributed by atoms with van der Waals surface area (Å²) in [7, 11) is -1.95. The van der Waals surface area contributed by atoms with Gasteiger partial charge in [0.1, 0.15) is 0 Å². The average molecular weight is 162 g/mol. The van der Waals surface area contributed by atoms with Crippen LogP contribution < -0.4 is 4.98 Å². The van der Waals surface area contributed by atoms with Crippen molar-refractivity contribution in [3.63, 3.8) is 0 Å². The van der Waals surface area contributed by atoms with E-state index >= 15 is 0 Å². The summed E-state index contributed by atoms with van der Waals surface area (Å²) >= 11 is 6.00. The molecule has 0 saturated carbocycles. The van der Waals surface area contributed by atoms with E-state index in [0.717, 1.165) is 6.54 Å². The highest BCUT2D eigenvalue weighted by Gasteiger charge is 2.20. The Morgan fingerprint density at radius 2 is 2.00 bits per heavy atom. The predicted octanol–water partition coefficient (Wildman–Crippen LogP) is 1.73. The molecule has 1 nitrogen and oxygen atoms in total. The number of hydrogen-bond donors (Lipinski definition) is 1. The first-order chi connectivity index (χ1) is 4.18. The van der Waals surface area contributed by atoms with Gasteiger partial charge in [-0.1, -0.05) is 18.3 Å². The Kier molecular flexibility index (Phi) is 3.85. The van der Waals surface area contributed by atoms with Crippen molar-refractivity contribution in [3.8, 4) is 0 Å². The van der Waals surface area contributed by atoms with E-state index in [2.05, 4.69) is 18.1 Å². The largest absolute Gasteiger partial charge is 0.320 e. The van der Waals surface area contributed by atoms with E-state index in [1.54, 1.807) is 11.4 Å². The third-order valence-corrected chi connectivity index (χ3v) is 4.45. The monoisotopic (exact) mass is 161 g/mol. The molecule has 9 heavy (non-hydrogen) atoms. The third kappa shape index (κ3) is 2.84. The molecule has 0 aliphatic heterocycles. The van der Waals surface area contributed by atoms with Gasteiger partial charge < -0.3 is 4.98 Å². The molecule has 0 rings (SSSR count). The van der Waals surface area contributed by atoms with E-state index in [1.807, 2.05) is 6.92 Å². The van der Waals surface area contributed by atoms with Crippen LogP contribution >= 0.6 is 11.1 Å². The fourth-order valence-electron chi connectivity index (χ4n) is 0.499. The van der Waals surface area contributed by atoms with Gasteiger partial charge in [-0.25, -0.2) is 0 Å². The highest BCUT2D eigenvalue weighted by atomic mass is 35.6. The van der Waals surface area contributed by atoms with Crippen molar-refractivity contribution in [3.05, 3.63) is 24.6 Å². The van der Waals surface area contributed by atoms with E-state index in [1.165, 1.54) is 0 Å². The zero-order chi connectivity index (χ0) is 7.33. The molecule has 0 bridgehead atoms. The van der Waals surface area contributed by atoms with Gasteiger partial charge in [0.05, 0.1) is 0 Å². The van der Waals surface area contributed by atoms with Crippen LogP contribution in [0.3, 0.4) is 0 Å². The lowest BCUT2D eigenvalue weighted by atomic mass is 10.8. The number of halogens is 1. The van der Waals surface area contributed by atoms with Crippen molar-refractivity contribution in [2.24, 2.45) is 0 Å². The maximum absolute atomic E-state index is 6.00. The molecule has 0 aromatic heterocycles. The van der Waals surface area contributed by atoms with Crippen LogP contribution in [0.2, 0.25) is 0 Å². The molecule has 52 valence electrons. The summed E-state index contributed by atoms with van der Waals surface area (Å²) in [5.41, 5.74) is 3.51. The SMILES string of the molecule is C=C[Si](Cl)(C=C)NCC. The average Bonchev–Trinajstić information content (AvgIpc) is 1.89. The fourth-order valence-corrected chi connectivity index (χ4v) is 1.90. The summed E-state index contributed by atoms with van der Waals surface area (Å²) in [5.74, 6) is 0. The number of rotatable bonds is 4. The zero-order valence-electron chi connectivity index (χ0n) is 5.65. The van der Waals surface area contributed by atoms with E-state index in [0.29, 0.717) is 0 Å². The molecular formula is C6H12ClNSi. The van der Waals surface area contributed by atoms with Crippen molar-refractivity contribution in [2.45, 2.75) is 6.92 Å². The fraction of sp³-hybridized carbons (Fsp3) is 0.333. The second kappa shape index (κ2) is 3.88. The van der Waals surface area contributed by atoms with Crippen LogP contribution in [0, 0.1) is 0 Å². The van der Waals surface area contributed by atoms with Crippen LogP contribution in [0.4, 0.5) is 0 Å². The standard InChI is InChI=1S/C6H12ClNSi/c1-4-8-9(7,5-2)6-3/h5-6,8H,2-4H2,1H3. The Labute approximate surface area is 62.2 Å². The zero-order valence-corrected chi connectivity index (χ0v) is 7.41. The minimum atomic E-state index is -1.95. The number of hydrogen-bond acceptors (Lipinski definition) is 1. The second-order valence-electron chi connectivity index (χ2n) is 1.71. The molecule has 0 saturated heterocycles. The van der Waals surface area contributed by atoms with Gasteiger partial charge in [-0.15, -0.1) is 24.2 Å². The van der Waals surface area contributed by atoms with E-state index in [4.69, 9.17) is 11.1 Å². The Bertz CT molecular complexity index is 106. The summed E-state index contributed by atoms with van der Waals surface area (Å²) in [6.45, 7) is 10.1. The van der Waals surface area contributed by atoms with Crippen molar-refractivity contribution < 1.29 is 0 Å². The minimum Gasteiger partial charge on any atom is -0.320 e. The molecule has 1 N–H and O–H groups in total. The van der Waals surface area contributed by atoms with E-state index < -0.39 is 7.55 Å². The molecule has 0 unspecified atom stereocenters. The van der Waals surface area contributed by atoms with Gasteiger partial charge in [0.25, 0.3) is 7.55 Å². The normalized spacial score (nSPS) is 10.9. The van der Waals surface area contributed by atoms with Crippen LogP contribution in [-0.2, 0) is 0 Å². The first-order valence-electron chi connectivity index (χ1n) is 2.89. The molecule has 0 aromatic carbocycles. The summed E-state index contributed by atoms with van der Waals surface area (Å²) in [5, 5.41) is 0. The Morgan fingerprint density at radius 3 is 2.11 bits per heavy atom. The quantitative estimate of drug-likeness (QED) is 0.489. The molecule has 0 heterocycles. The Morgan fingerprint density at radius 1 is 1.56 bits per heavy atom. The third-order valence-electron chi connectivity index (χ3n) is 1.04. The lowest BCUT2D eigenvalue weighted by Gasteiger charge is -2.14. The maximum Gasteiger partial charge on any atom is 0.273 e. The summed E-state index contributed by atoms with van der Waals surface area (Å²) in [4.78, 5) is 3.13. The molecule has 0 aromatic rings. The van der Waals surface area contributed by atoms with Crippen molar-refractivity contribution in [1.82, 2.24) is 4.98 Å². The number of nitrogens with one attached hydrogen (secondary N) is 1. The van der Waals surface area contributed by atoms with E-state index in [-0.39, 0.29) is 0 Å². The molecule has 3 heteroatoms. The maximum atomic E-state index is 6.00. The predicted molar refractivity (Wildman–Crippen MR) is 45.7 cm³/mol. The Balaban J connectivity index is 3.91. The molecule has 0 radical (unpaired) electrons. The van der Waals surface area contributed by atoms with Crippen molar-refractivity contribution >= 4 is 18.6 Å². The van der Waals surface area contributed by atoms with Crippen LogP contribution in [0.25, 0.3) is 0 Å². The van der Waals surface area contributed by atoms with E-state index in [9.17, 15) is 0 Å². The van der Waals surface area contributed by atoms with Crippen LogP contribution in [0.15, 0.2) is 24.6 Å². The van der Waals surface area contributed by atoms with Gasteiger partial charge in [-0.05, 0) is 6.54 Å². The lowest BCUT2D eigenvalue weighted by molar-refractivity contribution is 0.993. The van der Waals surface area contributed by atoms with Crippen LogP contribution in [-0.4, -0.2) is 14.1 Å². The molecule has 0 aliphatic carbocycles. The highest BCUT2D eigenvalue weighted by Crippen LogP contribution is 2.05. The van der Waals surface area contributed by atoms with Crippen molar-refractivity contribution in [2.75, 3.05) is 6.54 Å². The van der Waals surface area contributed by atoms with Crippen LogP contribution in [0.5, 0.6) is 0 Å². The molecule has 0 atom stereocenters. The second-order valence-corrected chi connectivity index (χ2v) is 6.29. The van der Waals surface area contributed by atoms with Gasteiger partial charge >= 0.3 is 0 Å². The lowest BCUT2D eigenvalue weighted by Crippen LogP contribution is -2.41. The van der Waals surface area contributed by atoms with Gasteiger partial charge in [-0.2, -0.15) is 0 Å². The molecule has 0 fully saturated rings. The first kappa shape index (κ1) is 8.95. The highest BCUT2D eigenvalue weighted by molar-refractivity contribution is 7.24. The smallest absolute Gasteiger partial charge is 0.273 e. The molecule has 0 spiro atoms. The molecule has 0 aliphatic rings. The molecule has 0 amide bonds. The van der Waals surface area contributed by atoms with Crippen LogP contribution in [0.1, 0.15) is 6.92 Å². The minimum absolute atomic E-state index is 0.869. The summed E-state index contributed by atoms with van der Waals surface area (Å²) in [6.07, 6.45) is 0. The van der Waals surface area contributed by atoms with Gasteiger partial charge in [0.2, 0.25) is 0 Å². The van der Waals surface area contributed by atoms with Gasteiger partial charge in [0.15, 0.2) is 0 Å². The Hall–Kier alpha value is -0.0531. The molecular weight excluding hydrogens is 150 g/mol. The van der Waals surface area contributed by atoms with Crippen molar-refractivity contribution in [1.29, 1.82) is 0 Å². The first-order valence-corrected chi connectivity index (χ1v) is 6.06. The summed E-state index contributed by atoms with van der Waals surface area (Å²) < 4.78 is 0.